The molecule has 5 nitrogen and oxygen atoms in total. The fraction of sp³-hybridized carbons (Fsp3) is 0.733. The number of rotatable bonds is 6. The Bertz CT molecular complexity index is 461. The summed E-state index contributed by atoms with van der Waals surface area (Å²) in [5.41, 5.74) is -0.654. The van der Waals surface area contributed by atoms with E-state index in [9.17, 15) is 5.11 Å². The lowest BCUT2D eigenvalue weighted by atomic mass is 9.78. The molecule has 0 radical (unpaired) electrons. The van der Waals surface area contributed by atoms with Crippen LogP contribution in [-0.4, -0.2) is 33.8 Å². The van der Waals surface area contributed by atoms with Crippen molar-refractivity contribution in [1.29, 1.82) is 0 Å². The van der Waals surface area contributed by atoms with Crippen LogP contribution in [0.5, 0.6) is 0 Å². The summed E-state index contributed by atoms with van der Waals surface area (Å²) in [5, 5.41) is 17.4. The van der Waals surface area contributed by atoms with Crippen molar-refractivity contribution in [2.24, 2.45) is 5.92 Å². The molecule has 21 heavy (non-hydrogen) atoms. The van der Waals surface area contributed by atoms with Crippen molar-refractivity contribution in [3.63, 3.8) is 0 Å². The molecule has 2 rings (SSSR count). The molecule has 3 N–H and O–H groups in total. The molecule has 1 aromatic heterocycles. The number of hydrogen-bond acceptors (Lipinski definition) is 5. The Morgan fingerprint density at radius 2 is 2.05 bits per heavy atom. The van der Waals surface area contributed by atoms with Crippen LogP contribution < -0.4 is 10.6 Å². The van der Waals surface area contributed by atoms with Gasteiger partial charge >= 0.3 is 0 Å². The Hall–Kier alpha value is -1.07. The summed E-state index contributed by atoms with van der Waals surface area (Å²) < 4.78 is 0. The second kappa shape index (κ2) is 7.27. The number of aromatic nitrogens is 2. The topological polar surface area (TPSA) is 70.1 Å². The number of nitrogens with one attached hydrogen (secondary N) is 2. The van der Waals surface area contributed by atoms with E-state index in [4.69, 9.17) is 11.6 Å². The number of aliphatic hydroxyl groups is 1. The third kappa shape index (κ3) is 4.45. The first-order chi connectivity index (χ1) is 10.1. The fourth-order valence-corrected chi connectivity index (χ4v) is 2.94. The Labute approximate surface area is 131 Å². The van der Waals surface area contributed by atoms with Crippen LogP contribution in [-0.2, 0) is 0 Å². The highest BCUT2D eigenvalue weighted by Gasteiger charge is 2.32. The molecule has 0 aliphatic heterocycles. The average Bonchev–Trinajstić information content (AvgIpc) is 2.49. The monoisotopic (exact) mass is 312 g/mol. The predicted molar refractivity (Wildman–Crippen MR) is 86.9 cm³/mol. The van der Waals surface area contributed by atoms with Gasteiger partial charge in [-0.15, -0.1) is 0 Å². The largest absolute Gasteiger partial charge is 0.388 e. The zero-order valence-corrected chi connectivity index (χ0v) is 13.6. The van der Waals surface area contributed by atoms with Crippen LogP contribution in [0.25, 0.3) is 0 Å². The van der Waals surface area contributed by atoms with Crippen molar-refractivity contribution in [1.82, 2.24) is 9.97 Å². The highest BCUT2D eigenvalue weighted by Crippen LogP contribution is 2.34. The molecule has 1 aromatic rings. The van der Waals surface area contributed by atoms with Crippen molar-refractivity contribution < 1.29 is 5.11 Å². The first-order valence-corrected chi connectivity index (χ1v) is 8.16. The third-order valence-corrected chi connectivity index (χ3v) is 4.55. The number of anilines is 2. The number of halogens is 1. The SMILES string of the molecule is CCNc1ncc(Cl)c(NCC2(O)CCC(CC)CC2)n1. The lowest BCUT2D eigenvalue weighted by Crippen LogP contribution is -2.40. The Kier molecular flexibility index (Phi) is 5.65. The van der Waals surface area contributed by atoms with Gasteiger partial charge in [-0.05, 0) is 38.5 Å². The predicted octanol–water partition coefficient (Wildman–Crippen LogP) is 3.31. The zero-order valence-electron chi connectivity index (χ0n) is 12.8. The number of hydrogen-bond donors (Lipinski definition) is 3. The normalized spacial score (nSPS) is 25.6. The van der Waals surface area contributed by atoms with E-state index in [0.29, 0.717) is 23.3 Å². The summed E-state index contributed by atoms with van der Waals surface area (Å²) in [6, 6.07) is 0. The summed E-state index contributed by atoms with van der Waals surface area (Å²) in [5.74, 6) is 1.88. The van der Waals surface area contributed by atoms with E-state index in [1.807, 2.05) is 6.92 Å². The van der Waals surface area contributed by atoms with Gasteiger partial charge in [0.05, 0.1) is 11.8 Å². The molecule has 0 saturated heterocycles. The van der Waals surface area contributed by atoms with Crippen molar-refractivity contribution in [2.75, 3.05) is 23.7 Å². The molecular weight excluding hydrogens is 288 g/mol. The first-order valence-electron chi connectivity index (χ1n) is 7.79. The minimum absolute atomic E-state index is 0.475. The van der Waals surface area contributed by atoms with Gasteiger partial charge < -0.3 is 15.7 Å². The van der Waals surface area contributed by atoms with Gasteiger partial charge in [-0.25, -0.2) is 4.98 Å². The highest BCUT2D eigenvalue weighted by molar-refractivity contribution is 6.32. The zero-order chi connectivity index (χ0) is 15.3. The maximum atomic E-state index is 10.6. The second-order valence-corrected chi connectivity index (χ2v) is 6.26. The van der Waals surface area contributed by atoms with Gasteiger partial charge in [0.25, 0.3) is 0 Å². The van der Waals surface area contributed by atoms with Gasteiger partial charge in [0.15, 0.2) is 5.82 Å². The lowest BCUT2D eigenvalue weighted by molar-refractivity contribution is 0.00223. The van der Waals surface area contributed by atoms with Crippen LogP contribution >= 0.6 is 11.6 Å². The van der Waals surface area contributed by atoms with E-state index in [1.165, 1.54) is 6.42 Å². The fourth-order valence-electron chi connectivity index (χ4n) is 2.78. The molecule has 6 heteroatoms. The van der Waals surface area contributed by atoms with Crippen LogP contribution in [0.3, 0.4) is 0 Å². The van der Waals surface area contributed by atoms with Crippen molar-refractivity contribution in [3.8, 4) is 0 Å². The second-order valence-electron chi connectivity index (χ2n) is 5.85. The molecule has 1 fully saturated rings. The Balaban J connectivity index is 1.94. The molecule has 0 unspecified atom stereocenters. The molecular formula is C15H25ClN4O. The summed E-state index contributed by atoms with van der Waals surface area (Å²) in [7, 11) is 0. The quantitative estimate of drug-likeness (QED) is 0.752. The van der Waals surface area contributed by atoms with Gasteiger partial charge in [-0.2, -0.15) is 4.98 Å². The van der Waals surface area contributed by atoms with E-state index >= 15 is 0 Å². The Morgan fingerprint density at radius 1 is 1.33 bits per heavy atom. The molecule has 0 amide bonds. The van der Waals surface area contributed by atoms with Crippen LogP contribution in [0.4, 0.5) is 11.8 Å². The minimum Gasteiger partial charge on any atom is -0.388 e. The van der Waals surface area contributed by atoms with Gasteiger partial charge in [-0.3, -0.25) is 0 Å². The molecule has 118 valence electrons. The molecule has 1 aliphatic carbocycles. The molecule has 0 aromatic carbocycles. The van der Waals surface area contributed by atoms with Gasteiger partial charge in [0, 0.05) is 13.1 Å². The van der Waals surface area contributed by atoms with E-state index in [1.54, 1.807) is 6.20 Å². The Morgan fingerprint density at radius 3 is 2.67 bits per heavy atom. The molecule has 0 atom stereocenters. The van der Waals surface area contributed by atoms with Crippen molar-refractivity contribution in [3.05, 3.63) is 11.2 Å². The maximum absolute atomic E-state index is 10.6. The van der Waals surface area contributed by atoms with E-state index in [0.717, 1.165) is 38.1 Å². The summed E-state index contributed by atoms with van der Waals surface area (Å²) >= 11 is 6.11. The molecule has 1 aliphatic rings. The molecule has 0 spiro atoms. The summed E-state index contributed by atoms with van der Waals surface area (Å²) in [4.78, 5) is 8.44. The van der Waals surface area contributed by atoms with Crippen LogP contribution in [0.15, 0.2) is 6.20 Å². The van der Waals surface area contributed by atoms with E-state index < -0.39 is 5.60 Å². The van der Waals surface area contributed by atoms with Crippen molar-refractivity contribution >= 4 is 23.4 Å². The van der Waals surface area contributed by atoms with Crippen molar-refractivity contribution in [2.45, 2.75) is 51.6 Å². The molecule has 1 saturated carbocycles. The van der Waals surface area contributed by atoms with Gasteiger partial charge in [-0.1, -0.05) is 24.9 Å². The number of nitrogens with zero attached hydrogens (tertiary/aromatic N) is 2. The average molecular weight is 313 g/mol. The third-order valence-electron chi connectivity index (χ3n) is 4.28. The van der Waals surface area contributed by atoms with Gasteiger partial charge in [0.1, 0.15) is 5.02 Å². The lowest BCUT2D eigenvalue weighted by Gasteiger charge is -2.36. The van der Waals surface area contributed by atoms with E-state index in [2.05, 4.69) is 27.5 Å². The summed E-state index contributed by atoms with van der Waals surface area (Å²) in [6.45, 7) is 5.44. The molecule has 1 heterocycles. The standard InChI is InChI=1S/C15H25ClN4O/c1-3-11-5-7-15(21,8-6-11)10-19-13-12(16)9-18-14(20-13)17-4-2/h9,11,21H,3-8,10H2,1-2H3,(H2,17,18,19,20). The molecule has 0 bridgehead atoms. The maximum Gasteiger partial charge on any atom is 0.224 e. The van der Waals surface area contributed by atoms with Crippen LogP contribution in [0.1, 0.15) is 46.0 Å². The van der Waals surface area contributed by atoms with E-state index in [-0.39, 0.29) is 0 Å². The summed E-state index contributed by atoms with van der Waals surface area (Å²) in [6.07, 6.45) is 6.63. The van der Waals surface area contributed by atoms with Crippen LogP contribution in [0, 0.1) is 5.92 Å². The first kappa shape index (κ1) is 16.3. The highest BCUT2D eigenvalue weighted by atomic mass is 35.5. The van der Waals surface area contributed by atoms with Gasteiger partial charge in [0.2, 0.25) is 5.95 Å². The minimum atomic E-state index is -0.654. The smallest absolute Gasteiger partial charge is 0.224 e. The van der Waals surface area contributed by atoms with Crippen LogP contribution in [0.2, 0.25) is 5.02 Å².